The van der Waals surface area contributed by atoms with Gasteiger partial charge in [-0.1, -0.05) is 23.6 Å². The molecule has 19 heavy (non-hydrogen) atoms. The topological polar surface area (TPSA) is 56.5 Å². The van der Waals surface area contributed by atoms with Crippen LogP contribution in [0.15, 0.2) is 12.1 Å². The van der Waals surface area contributed by atoms with Gasteiger partial charge in [0.1, 0.15) is 0 Å². The average Bonchev–Trinajstić information content (AvgIpc) is 2.44. The van der Waals surface area contributed by atoms with Crippen LogP contribution in [0, 0.1) is 11.8 Å². The highest BCUT2D eigenvalue weighted by Gasteiger charge is 2.18. The first-order valence-corrected chi connectivity index (χ1v) is 6.30. The summed E-state index contributed by atoms with van der Waals surface area (Å²) in [6, 6.07) is 3.62. The fourth-order valence-corrected chi connectivity index (χ4v) is 2.12. The van der Waals surface area contributed by atoms with E-state index in [9.17, 15) is 0 Å². The number of hydrogen-bond donors (Lipinski definition) is 2. The minimum atomic E-state index is -0.0758. The Balaban J connectivity index is 3.06. The number of methoxy groups -OCH3 is 2. The summed E-state index contributed by atoms with van der Waals surface area (Å²) in [5.74, 6) is 6.88. The Morgan fingerprint density at radius 2 is 2.11 bits per heavy atom. The van der Waals surface area contributed by atoms with Crippen LogP contribution in [0.25, 0.3) is 0 Å². The summed E-state index contributed by atoms with van der Waals surface area (Å²) in [4.78, 5) is 0. The maximum absolute atomic E-state index is 6.34. The molecule has 0 bridgehead atoms. The fourth-order valence-electron chi connectivity index (χ4n) is 1.76. The molecule has 1 rings (SSSR count). The maximum atomic E-state index is 6.34. The first kappa shape index (κ1) is 15.6. The van der Waals surface area contributed by atoms with Crippen molar-refractivity contribution >= 4 is 11.6 Å². The van der Waals surface area contributed by atoms with Gasteiger partial charge in [-0.25, -0.2) is 0 Å². The largest absolute Gasteiger partial charge is 0.493 e. The molecule has 0 saturated carbocycles. The Bertz CT molecular complexity index is 480. The third-order valence-corrected chi connectivity index (χ3v) is 3.13. The van der Waals surface area contributed by atoms with Crippen LogP contribution in [-0.2, 0) is 0 Å². The van der Waals surface area contributed by atoms with Crippen molar-refractivity contribution < 1.29 is 9.47 Å². The third kappa shape index (κ3) is 3.77. The minimum Gasteiger partial charge on any atom is -0.493 e. The standard InChI is InChI=1S/C14H19ClN2O2/c1-4-5-8-17-11(9-16)10-6-7-12(18-2)14(19-3)13(10)15/h6-7,11,17H,8-9,16H2,1-3H3. The molecule has 5 heteroatoms. The lowest BCUT2D eigenvalue weighted by atomic mass is 10.1. The van der Waals surface area contributed by atoms with Crippen molar-refractivity contribution in [2.45, 2.75) is 13.0 Å². The molecule has 0 aliphatic heterocycles. The van der Waals surface area contributed by atoms with Crippen LogP contribution in [0.5, 0.6) is 11.5 Å². The van der Waals surface area contributed by atoms with Gasteiger partial charge >= 0.3 is 0 Å². The highest BCUT2D eigenvalue weighted by Crippen LogP contribution is 2.39. The molecule has 0 spiro atoms. The Morgan fingerprint density at radius 3 is 2.63 bits per heavy atom. The first-order chi connectivity index (χ1) is 9.19. The van der Waals surface area contributed by atoms with Gasteiger partial charge in [-0.2, -0.15) is 0 Å². The third-order valence-electron chi connectivity index (χ3n) is 2.74. The minimum absolute atomic E-state index is 0.0758. The molecule has 0 aliphatic carbocycles. The molecule has 0 aliphatic rings. The van der Waals surface area contributed by atoms with E-state index in [0.717, 1.165) is 5.56 Å². The van der Waals surface area contributed by atoms with Gasteiger partial charge in [0.05, 0.1) is 25.8 Å². The quantitative estimate of drug-likeness (QED) is 0.783. The lowest BCUT2D eigenvalue weighted by molar-refractivity contribution is 0.354. The smallest absolute Gasteiger partial charge is 0.179 e. The molecule has 0 radical (unpaired) electrons. The summed E-state index contributed by atoms with van der Waals surface area (Å²) in [5.41, 5.74) is 6.65. The zero-order chi connectivity index (χ0) is 14.3. The second-order valence-electron chi connectivity index (χ2n) is 3.80. The monoisotopic (exact) mass is 282 g/mol. The summed E-state index contributed by atoms with van der Waals surface area (Å²) in [7, 11) is 3.13. The molecule has 0 saturated heterocycles. The first-order valence-electron chi connectivity index (χ1n) is 5.93. The van der Waals surface area contributed by atoms with Crippen LogP contribution in [0.3, 0.4) is 0 Å². The second-order valence-corrected chi connectivity index (χ2v) is 4.18. The summed E-state index contributed by atoms with van der Waals surface area (Å²) >= 11 is 6.34. The van der Waals surface area contributed by atoms with E-state index in [2.05, 4.69) is 17.2 Å². The molecule has 104 valence electrons. The van der Waals surface area contributed by atoms with Crippen LogP contribution in [0.4, 0.5) is 0 Å². The van der Waals surface area contributed by atoms with Crippen molar-refractivity contribution in [2.75, 3.05) is 27.3 Å². The molecule has 1 atom stereocenters. The van der Waals surface area contributed by atoms with Crippen LogP contribution in [-0.4, -0.2) is 27.3 Å². The molecule has 0 fully saturated rings. The van der Waals surface area contributed by atoms with Gasteiger partial charge in [0.15, 0.2) is 11.5 Å². The summed E-state index contributed by atoms with van der Waals surface area (Å²) in [6.07, 6.45) is 0. The number of nitrogens with one attached hydrogen (secondary N) is 1. The predicted molar refractivity (Wildman–Crippen MR) is 77.8 cm³/mol. The van der Waals surface area contributed by atoms with E-state index in [-0.39, 0.29) is 6.04 Å². The molecular weight excluding hydrogens is 264 g/mol. The van der Waals surface area contributed by atoms with E-state index in [1.54, 1.807) is 21.1 Å². The van der Waals surface area contributed by atoms with E-state index in [4.69, 9.17) is 26.8 Å². The number of benzene rings is 1. The van der Waals surface area contributed by atoms with Crippen molar-refractivity contribution in [3.8, 4) is 23.3 Å². The van der Waals surface area contributed by atoms with Crippen molar-refractivity contribution in [1.82, 2.24) is 5.32 Å². The molecule has 4 nitrogen and oxygen atoms in total. The lowest BCUT2D eigenvalue weighted by Crippen LogP contribution is -2.28. The van der Waals surface area contributed by atoms with Crippen LogP contribution >= 0.6 is 11.6 Å². The predicted octanol–water partition coefficient (Wildman–Crippen LogP) is 1.97. The fraction of sp³-hybridized carbons (Fsp3) is 0.429. The molecular formula is C14H19ClN2O2. The van der Waals surface area contributed by atoms with Gasteiger partial charge in [-0.3, -0.25) is 5.32 Å². The Morgan fingerprint density at radius 1 is 1.37 bits per heavy atom. The molecule has 1 aromatic rings. The number of nitrogens with two attached hydrogens (primary N) is 1. The molecule has 0 aromatic heterocycles. The average molecular weight is 283 g/mol. The number of rotatable bonds is 6. The van der Waals surface area contributed by atoms with Gasteiger partial charge < -0.3 is 15.2 Å². The van der Waals surface area contributed by atoms with Crippen LogP contribution < -0.4 is 20.5 Å². The zero-order valence-corrected chi connectivity index (χ0v) is 12.2. The van der Waals surface area contributed by atoms with Gasteiger partial charge in [0.25, 0.3) is 0 Å². The van der Waals surface area contributed by atoms with Crippen molar-refractivity contribution in [3.05, 3.63) is 22.7 Å². The molecule has 3 N–H and O–H groups in total. The van der Waals surface area contributed by atoms with E-state index in [1.807, 2.05) is 12.1 Å². The highest BCUT2D eigenvalue weighted by atomic mass is 35.5. The summed E-state index contributed by atoms with van der Waals surface area (Å²) < 4.78 is 10.5. The van der Waals surface area contributed by atoms with Gasteiger partial charge in [0.2, 0.25) is 0 Å². The molecule has 1 unspecified atom stereocenters. The van der Waals surface area contributed by atoms with Gasteiger partial charge in [0, 0.05) is 12.6 Å². The van der Waals surface area contributed by atoms with E-state index in [0.29, 0.717) is 29.6 Å². The van der Waals surface area contributed by atoms with E-state index < -0.39 is 0 Å². The van der Waals surface area contributed by atoms with E-state index >= 15 is 0 Å². The molecule has 0 heterocycles. The molecule has 1 aromatic carbocycles. The van der Waals surface area contributed by atoms with Crippen LogP contribution in [0.2, 0.25) is 5.02 Å². The second kappa shape index (κ2) is 7.90. The zero-order valence-electron chi connectivity index (χ0n) is 11.4. The van der Waals surface area contributed by atoms with Gasteiger partial charge in [-0.05, 0) is 18.6 Å². The number of ether oxygens (including phenoxy) is 2. The van der Waals surface area contributed by atoms with Crippen molar-refractivity contribution in [2.24, 2.45) is 5.73 Å². The number of hydrogen-bond acceptors (Lipinski definition) is 4. The van der Waals surface area contributed by atoms with Gasteiger partial charge in [-0.15, -0.1) is 5.92 Å². The number of halogens is 1. The SMILES string of the molecule is CC#CCNC(CN)c1ccc(OC)c(OC)c1Cl. The van der Waals surface area contributed by atoms with Crippen molar-refractivity contribution in [3.63, 3.8) is 0 Å². The van der Waals surface area contributed by atoms with E-state index in [1.165, 1.54) is 0 Å². The highest BCUT2D eigenvalue weighted by molar-refractivity contribution is 6.33. The Labute approximate surface area is 119 Å². The summed E-state index contributed by atoms with van der Waals surface area (Å²) in [5, 5.41) is 3.75. The molecule has 0 amide bonds. The van der Waals surface area contributed by atoms with Crippen LogP contribution in [0.1, 0.15) is 18.5 Å². The normalized spacial score (nSPS) is 11.4. The Kier molecular flexibility index (Phi) is 6.51. The lowest BCUT2D eigenvalue weighted by Gasteiger charge is -2.19. The Hall–Kier alpha value is -1.41. The van der Waals surface area contributed by atoms with Crippen molar-refractivity contribution in [1.29, 1.82) is 0 Å². The summed E-state index contributed by atoms with van der Waals surface area (Å²) in [6.45, 7) is 2.77. The maximum Gasteiger partial charge on any atom is 0.179 e.